The van der Waals surface area contributed by atoms with E-state index in [0.717, 1.165) is 16.5 Å². The van der Waals surface area contributed by atoms with Crippen molar-refractivity contribution in [2.75, 3.05) is 4.72 Å². The monoisotopic (exact) mass is 429 g/mol. The first kappa shape index (κ1) is 19.1. The molecule has 5 aromatic rings. The minimum Gasteiger partial charge on any atom is -0.494 e. The summed E-state index contributed by atoms with van der Waals surface area (Å²) in [5, 5.41) is 12.2. The number of H-pyrrole nitrogens is 1. The molecule has 5 rings (SSSR count). The maximum atomic E-state index is 12.8. The maximum Gasteiger partial charge on any atom is 0.261 e. The number of sulfonamides is 1. The van der Waals surface area contributed by atoms with E-state index in [9.17, 15) is 13.5 Å². The van der Waals surface area contributed by atoms with Gasteiger partial charge in [0.05, 0.1) is 21.7 Å². The molecule has 0 atom stereocenters. The maximum absolute atomic E-state index is 12.8. The lowest BCUT2D eigenvalue weighted by molar-refractivity contribution is 0.460. The van der Waals surface area contributed by atoms with Crippen LogP contribution in [0.1, 0.15) is 5.56 Å². The van der Waals surface area contributed by atoms with E-state index in [0.29, 0.717) is 27.8 Å². The number of nitrogens with zero attached hydrogens (tertiary/aromatic N) is 1. The Morgan fingerprint density at radius 1 is 0.935 bits per heavy atom. The fourth-order valence-corrected chi connectivity index (χ4v) is 4.86. The van der Waals surface area contributed by atoms with Crippen molar-refractivity contribution in [3.63, 3.8) is 0 Å². The van der Waals surface area contributed by atoms with Gasteiger partial charge in [-0.1, -0.05) is 36.4 Å². The average molecular weight is 430 g/mol. The van der Waals surface area contributed by atoms with Crippen LogP contribution in [0.25, 0.3) is 33.1 Å². The van der Waals surface area contributed by atoms with Crippen molar-refractivity contribution in [2.24, 2.45) is 0 Å². The van der Waals surface area contributed by atoms with Crippen LogP contribution in [0.4, 0.5) is 5.69 Å². The second kappa shape index (κ2) is 7.14. The van der Waals surface area contributed by atoms with Gasteiger partial charge in [-0.15, -0.1) is 0 Å². The van der Waals surface area contributed by atoms with E-state index < -0.39 is 10.0 Å². The number of fused-ring (bicyclic) bond motifs is 2. The molecule has 0 fully saturated rings. The van der Waals surface area contributed by atoms with Gasteiger partial charge >= 0.3 is 0 Å². The van der Waals surface area contributed by atoms with Crippen molar-refractivity contribution in [3.05, 3.63) is 84.4 Å². The van der Waals surface area contributed by atoms with Crippen LogP contribution in [-0.4, -0.2) is 23.5 Å². The van der Waals surface area contributed by atoms with Crippen LogP contribution < -0.4 is 4.72 Å². The minimum absolute atomic E-state index is 0.0172. The largest absolute Gasteiger partial charge is 0.494 e. The van der Waals surface area contributed by atoms with E-state index in [2.05, 4.69) is 14.7 Å². The lowest BCUT2D eigenvalue weighted by atomic mass is 10.1. The molecule has 0 bridgehead atoms. The number of hydrogen-bond donors (Lipinski definition) is 3. The zero-order chi connectivity index (χ0) is 21.6. The van der Waals surface area contributed by atoms with Crippen LogP contribution in [0, 0.1) is 6.92 Å². The average Bonchev–Trinajstić information content (AvgIpc) is 3.08. The molecule has 0 unspecified atom stereocenters. The summed E-state index contributed by atoms with van der Waals surface area (Å²) in [5.41, 5.74) is 3.87. The van der Waals surface area contributed by atoms with Crippen molar-refractivity contribution in [3.8, 4) is 17.1 Å². The summed E-state index contributed by atoms with van der Waals surface area (Å²) in [5.74, 6) is -0.0172. The fraction of sp³-hybridized carbons (Fsp3) is 0.0417. The van der Waals surface area contributed by atoms with Gasteiger partial charge in [-0.25, -0.2) is 13.4 Å². The predicted molar refractivity (Wildman–Crippen MR) is 123 cm³/mol. The number of anilines is 1. The highest BCUT2D eigenvalue weighted by Crippen LogP contribution is 2.37. The van der Waals surface area contributed by atoms with Crippen LogP contribution in [0.2, 0.25) is 0 Å². The summed E-state index contributed by atoms with van der Waals surface area (Å²) in [6, 6.07) is 23.3. The zero-order valence-corrected chi connectivity index (χ0v) is 17.4. The molecule has 7 heteroatoms. The van der Waals surface area contributed by atoms with Gasteiger partial charge in [-0.3, -0.25) is 4.72 Å². The number of benzene rings is 3. The third kappa shape index (κ3) is 3.49. The minimum atomic E-state index is -3.74. The van der Waals surface area contributed by atoms with Crippen molar-refractivity contribution in [1.29, 1.82) is 0 Å². The second-order valence-corrected chi connectivity index (χ2v) is 9.10. The van der Waals surface area contributed by atoms with Gasteiger partial charge in [0, 0.05) is 22.0 Å². The molecule has 3 aromatic carbocycles. The SMILES string of the molecule is Cc1cccc(S(=O)(=O)Nc2ccc3[nH]c(O)c(-c4ccc5ccccc5n4)c3c2)c1. The van der Waals surface area contributed by atoms with Gasteiger partial charge in [-0.05, 0) is 55.0 Å². The Hall–Kier alpha value is -3.84. The van der Waals surface area contributed by atoms with Gasteiger partial charge in [0.1, 0.15) is 0 Å². The van der Waals surface area contributed by atoms with E-state index in [1.54, 1.807) is 36.4 Å². The lowest BCUT2D eigenvalue weighted by Gasteiger charge is -2.09. The number of aromatic hydroxyl groups is 1. The van der Waals surface area contributed by atoms with Crippen molar-refractivity contribution in [2.45, 2.75) is 11.8 Å². The number of aryl methyl sites for hydroxylation is 1. The zero-order valence-electron chi connectivity index (χ0n) is 16.6. The molecule has 0 aliphatic carbocycles. The summed E-state index contributed by atoms with van der Waals surface area (Å²) in [6.45, 7) is 1.84. The molecule has 0 amide bonds. The Morgan fingerprint density at radius 3 is 2.61 bits per heavy atom. The number of hydrogen-bond acceptors (Lipinski definition) is 4. The number of rotatable bonds is 4. The van der Waals surface area contributed by atoms with Crippen molar-refractivity contribution < 1.29 is 13.5 Å². The standard InChI is InChI=1S/C24H19N3O3S/c1-15-5-4-7-18(13-15)31(29,30)27-17-10-12-21-19(14-17)23(24(28)26-21)22-11-9-16-6-2-3-8-20(16)25-22/h2-14,26-28H,1H3. The van der Waals surface area contributed by atoms with E-state index >= 15 is 0 Å². The first-order valence-electron chi connectivity index (χ1n) is 9.71. The molecule has 0 aliphatic rings. The Balaban J connectivity index is 1.60. The topological polar surface area (TPSA) is 95.1 Å². The Morgan fingerprint density at radius 2 is 1.77 bits per heavy atom. The molecule has 154 valence electrons. The molecule has 0 spiro atoms. The Kier molecular flexibility index (Phi) is 4.41. The summed E-state index contributed by atoms with van der Waals surface area (Å²) >= 11 is 0. The van der Waals surface area contributed by atoms with E-state index in [4.69, 9.17) is 0 Å². The highest BCUT2D eigenvalue weighted by Gasteiger charge is 2.18. The summed E-state index contributed by atoms with van der Waals surface area (Å²) in [6.07, 6.45) is 0. The molecular weight excluding hydrogens is 410 g/mol. The summed E-state index contributed by atoms with van der Waals surface area (Å²) in [4.78, 5) is 7.81. The molecule has 0 saturated heterocycles. The summed E-state index contributed by atoms with van der Waals surface area (Å²) < 4.78 is 28.3. The molecule has 0 saturated carbocycles. The Bertz CT molecular complexity index is 1560. The predicted octanol–water partition coefficient (Wildman–Crippen LogP) is 5.20. The molecule has 3 N–H and O–H groups in total. The third-order valence-corrected chi connectivity index (χ3v) is 6.56. The second-order valence-electron chi connectivity index (χ2n) is 7.42. The van der Waals surface area contributed by atoms with Crippen LogP contribution in [0.5, 0.6) is 5.88 Å². The molecule has 2 heterocycles. The summed E-state index contributed by atoms with van der Waals surface area (Å²) in [7, 11) is -3.74. The van der Waals surface area contributed by atoms with Crippen LogP contribution in [0.3, 0.4) is 0 Å². The first-order chi connectivity index (χ1) is 14.9. The van der Waals surface area contributed by atoms with E-state index in [1.165, 1.54) is 0 Å². The van der Waals surface area contributed by atoms with Gasteiger partial charge in [0.2, 0.25) is 0 Å². The molecule has 31 heavy (non-hydrogen) atoms. The van der Waals surface area contributed by atoms with Crippen molar-refractivity contribution >= 4 is 37.5 Å². The molecule has 0 radical (unpaired) electrons. The van der Waals surface area contributed by atoms with Gasteiger partial charge in [0.15, 0.2) is 5.88 Å². The highest BCUT2D eigenvalue weighted by atomic mass is 32.2. The van der Waals surface area contributed by atoms with E-state index in [1.807, 2.05) is 49.4 Å². The van der Waals surface area contributed by atoms with Gasteiger partial charge in [-0.2, -0.15) is 0 Å². The van der Waals surface area contributed by atoms with Crippen LogP contribution in [-0.2, 0) is 10.0 Å². The number of aromatic amines is 1. The smallest absolute Gasteiger partial charge is 0.261 e. The highest BCUT2D eigenvalue weighted by molar-refractivity contribution is 7.92. The quantitative estimate of drug-likeness (QED) is 0.366. The molecular formula is C24H19N3O3S. The number of para-hydroxylation sites is 1. The first-order valence-corrected chi connectivity index (χ1v) is 11.2. The van der Waals surface area contributed by atoms with E-state index in [-0.39, 0.29) is 10.8 Å². The van der Waals surface area contributed by atoms with Gasteiger partial charge < -0.3 is 10.1 Å². The van der Waals surface area contributed by atoms with Gasteiger partial charge in [0.25, 0.3) is 10.0 Å². The fourth-order valence-electron chi connectivity index (χ4n) is 3.70. The number of pyridine rings is 1. The normalized spacial score (nSPS) is 11.8. The molecule has 2 aromatic heterocycles. The Labute approximate surface area is 179 Å². The molecule has 0 aliphatic heterocycles. The number of nitrogens with one attached hydrogen (secondary N) is 2. The number of aromatic nitrogens is 2. The third-order valence-electron chi connectivity index (χ3n) is 5.19. The van der Waals surface area contributed by atoms with Crippen molar-refractivity contribution in [1.82, 2.24) is 9.97 Å². The van der Waals surface area contributed by atoms with Crippen LogP contribution in [0.15, 0.2) is 83.8 Å². The van der Waals surface area contributed by atoms with Crippen LogP contribution >= 0.6 is 0 Å². The molecule has 6 nitrogen and oxygen atoms in total. The lowest BCUT2D eigenvalue weighted by Crippen LogP contribution is -2.12.